The maximum atomic E-state index is 11.7. The van der Waals surface area contributed by atoms with Crippen LogP contribution in [0.25, 0.3) is 5.57 Å². The number of rotatable bonds is 6. The SMILES string of the molecule is C=CC(=O)Nc1cncc(C2=CC=CC(=C/N=C)/C2=N\c2ccc(N3CCN(C)CC3)nc2)c1. The Bertz CT molecular complexity index is 1200. The van der Waals surface area contributed by atoms with E-state index in [2.05, 4.69) is 50.4 Å². The lowest BCUT2D eigenvalue weighted by Gasteiger charge is -2.33. The Balaban J connectivity index is 1.65. The van der Waals surface area contributed by atoms with Gasteiger partial charge in [-0.2, -0.15) is 0 Å². The number of hydrogen-bond donors (Lipinski definition) is 1. The molecule has 3 heterocycles. The molecule has 0 atom stereocenters. The third-order valence-electron chi connectivity index (χ3n) is 5.60. The van der Waals surface area contributed by atoms with E-state index in [1.165, 1.54) is 6.08 Å². The van der Waals surface area contributed by atoms with Crippen LogP contribution in [0.1, 0.15) is 5.56 Å². The Morgan fingerprint density at radius 3 is 2.71 bits per heavy atom. The third kappa shape index (κ3) is 5.41. The predicted molar refractivity (Wildman–Crippen MR) is 139 cm³/mol. The van der Waals surface area contributed by atoms with Crippen molar-refractivity contribution < 1.29 is 4.79 Å². The van der Waals surface area contributed by atoms with Crippen LogP contribution >= 0.6 is 0 Å². The summed E-state index contributed by atoms with van der Waals surface area (Å²) in [6.45, 7) is 11.0. The van der Waals surface area contributed by atoms with Gasteiger partial charge in [-0.3, -0.25) is 14.8 Å². The van der Waals surface area contributed by atoms with Gasteiger partial charge in [0, 0.05) is 55.3 Å². The van der Waals surface area contributed by atoms with Gasteiger partial charge in [-0.25, -0.2) is 9.98 Å². The molecule has 34 heavy (non-hydrogen) atoms. The van der Waals surface area contributed by atoms with Crippen molar-refractivity contribution in [1.29, 1.82) is 0 Å². The van der Waals surface area contributed by atoms with Crippen molar-refractivity contribution in [1.82, 2.24) is 14.9 Å². The molecule has 2 aromatic rings. The normalized spacial score (nSPS) is 18.6. The van der Waals surface area contributed by atoms with Crippen LogP contribution in [0.5, 0.6) is 0 Å². The Morgan fingerprint density at radius 1 is 1.18 bits per heavy atom. The number of nitrogens with one attached hydrogen (secondary N) is 1. The monoisotopic (exact) mass is 453 g/mol. The molecule has 2 aromatic heterocycles. The number of nitrogens with zero attached hydrogens (tertiary/aromatic N) is 6. The number of pyridine rings is 2. The van der Waals surface area contributed by atoms with E-state index < -0.39 is 0 Å². The standard InChI is InChI=1S/C26H27N7O/c1-4-25(34)30-22-14-20(16-28-17-22)23-7-5-6-19(15-27-2)26(23)31-21-8-9-24(29-18-21)33-12-10-32(3)11-13-33/h4-9,14-18H,1-2,10-13H2,3H3,(H,30,34)/b19-15-,31-26+. The minimum atomic E-state index is -0.298. The molecule has 0 unspecified atom stereocenters. The highest BCUT2D eigenvalue weighted by Crippen LogP contribution is 2.29. The van der Waals surface area contributed by atoms with Crippen LogP contribution in [-0.2, 0) is 4.79 Å². The summed E-state index contributed by atoms with van der Waals surface area (Å²) >= 11 is 0. The molecule has 1 fully saturated rings. The van der Waals surface area contributed by atoms with Crippen LogP contribution < -0.4 is 10.2 Å². The van der Waals surface area contributed by atoms with Crippen LogP contribution in [0, 0.1) is 0 Å². The molecule has 8 nitrogen and oxygen atoms in total. The number of aliphatic imine (C=N–C) groups is 2. The van der Waals surface area contributed by atoms with Crippen LogP contribution in [0.15, 0.2) is 89.4 Å². The van der Waals surface area contributed by atoms with Gasteiger partial charge in [0.2, 0.25) is 5.91 Å². The van der Waals surface area contributed by atoms with Crippen molar-refractivity contribution in [2.45, 2.75) is 0 Å². The Morgan fingerprint density at radius 2 is 2.00 bits per heavy atom. The van der Waals surface area contributed by atoms with Gasteiger partial charge >= 0.3 is 0 Å². The summed E-state index contributed by atoms with van der Waals surface area (Å²) in [5.41, 5.74) is 4.50. The molecule has 0 spiro atoms. The fraction of sp³-hybridized carbons (Fsp3) is 0.192. The van der Waals surface area contributed by atoms with E-state index >= 15 is 0 Å². The molecule has 0 saturated carbocycles. The Kier molecular flexibility index (Phi) is 7.19. The second-order valence-electron chi connectivity index (χ2n) is 7.99. The number of piperazine rings is 1. The summed E-state index contributed by atoms with van der Waals surface area (Å²) in [5.74, 6) is 0.656. The summed E-state index contributed by atoms with van der Waals surface area (Å²) in [4.78, 5) is 34.1. The number of likely N-dealkylation sites (N-methyl/N-ethyl adjacent to an activating group) is 1. The van der Waals surface area contributed by atoms with E-state index in [1.54, 1.807) is 24.8 Å². The fourth-order valence-corrected chi connectivity index (χ4v) is 3.77. The summed E-state index contributed by atoms with van der Waals surface area (Å²) in [6.07, 6.45) is 13.8. The second kappa shape index (κ2) is 10.6. The molecular formula is C26H27N7O. The van der Waals surface area contributed by atoms with Crippen LogP contribution in [0.3, 0.4) is 0 Å². The van der Waals surface area contributed by atoms with Gasteiger partial charge in [-0.1, -0.05) is 24.8 Å². The second-order valence-corrected chi connectivity index (χ2v) is 7.99. The Labute approximate surface area is 199 Å². The lowest BCUT2D eigenvalue weighted by molar-refractivity contribution is -0.111. The van der Waals surface area contributed by atoms with Crippen molar-refractivity contribution in [3.8, 4) is 0 Å². The minimum Gasteiger partial charge on any atom is -0.354 e. The molecule has 0 radical (unpaired) electrons. The van der Waals surface area contributed by atoms with Crippen molar-refractivity contribution in [3.63, 3.8) is 0 Å². The number of carbonyl (C=O) groups is 1. The fourth-order valence-electron chi connectivity index (χ4n) is 3.77. The smallest absolute Gasteiger partial charge is 0.247 e. The Hall–Kier alpha value is -4.17. The molecule has 1 saturated heterocycles. The van der Waals surface area contributed by atoms with Gasteiger partial charge in [-0.15, -0.1) is 0 Å². The molecule has 1 amide bonds. The molecule has 8 heteroatoms. The molecule has 1 aliphatic heterocycles. The molecule has 1 aliphatic carbocycles. The van der Waals surface area contributed by atoms with Gasteiger partial charge in [0.05, 0.1) is 29.5 Å². The molecule has 172 valence electrons. The number of aromatic nitrogens is 2. The topological polar surface area (TPSA) is 86.1 Å². The van der Waals surface area contributed by atoms with Gasteiger partial charge in [0.1, 0.15) is 5.82 Å². The first-order valence-electron chi connectivity index (χ1n) is 11.0. The van der Waals surface area contributed by atoms with E-state index in [9.17, 15) is 4.79 Å². The minimum absolute atomic E-state index is 0.298. The van der Waals surface area contributed by atoms with E-state index in [0.717, 1.165) is 60.1 Å². The zero-order valence-electron chi connectivity index (χ0n) is 19.2. The van der Waals surface area contributed by atoms with Gasteiger partial charge in [-0.05, 0) is 38.0 Å². The highest BCUT2D eigenvalue weighted by Gasteiger charge is 2.18. The zero-order valence-corrected chi connectivity index (χ0v) is 19.2. The predicted octanol–water partition coefficient (Wildman–Crippen LogP) is 3.66. The maximum Gasteiger partial charge on any atom is 0.247 e. The summed E-state index contributed by atoms with van der Waals surface area (Å²) in [7, 11) is 2.13. The highest BCUT2D eigenvalue weighted by molar-refractivity contribution is 6.34. The quantitative estimate of drug-likeness (QED) is 0.533. The van der Waals surface area contributed by atoms with Crippen LogP contribution in [0.2, 0.25) is 0 Å². The van der Waals surface area contributed by atoms with Crippen molar-refractivity contribution in [3.05, 3.63) is 85.0 Å². The van der Waals surface area contributed by atoms with E-state index in [4.69, 9.17) is 4.99 Å². The molecule has 0 bridgehead atoms. The maximum absolute atomic E-state index is 11.7. The lowest BCUT2D eigenvalue weighted by Crippen LogP contribution is -2.44. The highest BCUT2D eigenvalue weighted by atomic mass is 16.1. The lowest BCUT2D eigenvalue weighted by atomic mass is 9.92. The van der Waals surface area contributed by atoms with Gasteiger partial charge in [0.15, 0.2) is 0 Å². The van der Waals surface area contributed by atoms with Crippen molar-refractivity contribution >= 4 is 41.1 Å². The first-order chi connectivity index (χ1) is 16.6. The first kappa shape index (κ1) is 23.0. The number of amides is 1. The summed E-state index contributed by atoms with van der Waals surface area (Å²) < 4.78 is 0. The van der Waals surface area contributed by atoms with E-state index in [1.807, 2.05) is 36.4 Å². The third-order valence-corrected chi connectivity index (χ3v) is 5.60. The zero-order chi connectivity index (χ0) is 23.9. The summed E-state index contributed by atoms with van der Waals surface area (Å²) in [6, 6.07) is 5.83. The van der Waals surface area contributed by atoms with Crippen molar-refractivity contribution in [2.75, 3.05) is 43.4 Å². The first-order valence-corrected chi connectivity index (χ1v) is 11.0. The average molecular weight is 454 g/mol. The van der Waals surface area contributed by atoms with Crippen LogP contribution in [-0.4, -0.2) is 66.4 Å². The van der Waals surface area contributed by atoms with E-state index in [-0.39, 0.29) is 5.91 Å². The van der Waals surface area contributed by atoms with Gasteiger partial charge in [0.25, 0.3) is 0 Å². The molecule has 2 aliphatic rings. The van der Waals surface area contributed by atoms with Gasteiger partial charge < -0.3 is 15.1 Å². The van der Waals surface area contributed by atoms with E-state index in [0.29, 0.717) is 5.69 Å². The molecule has 1 N–H and O–H groups in total. The number of carbonyl (C=O) groups excluding carboxylic acids is 1. The summed E-state index contributed by atoms with van der Waals surface area (Å²) in [5, 5.41) is 2.75. The number of allylic oxidation sites excluding steroid dienone is 5. The largest absolute Gasteiger partial charge is 0.354 e. The number of hydrogen-bond acceptors (Lipinski definition) is 7. The molecule has 0 aromatic carbocycles. The molecule has 4 rings (SSSR count). The average Bonchev–Trinajstić information content (AvgIpc) is 2.86. The number of anilines is 2. The molecular weight excluding hydrogens is 426 g/mol. The van der Waals surface area contributed by atoms with Crippen molar-refractivity contribution in [2.24, 2.45) is 9.98 Å². The van der Waals surface area contributed by atoms with Crippen LogP contribution in [0.4, 0.5) is 17.2 Å².